The van der Waals surface area contributed by atoms with E-state index in [2.05, 4.69) is 17.3 Å². The molecule has 0 atom stereocenters. The Labute approximate surface area is 140 Å². The molecule has 3 rings (SSSR count). The molecule has 2 aliphatic rings. The fourth-order valence-electron chi connectivity index (χ4n) is 2.96. The van der Waals surface area contributed by atoms with Gasteiger partial charge >= 0.3 is 0 Å². The van der Waals surface area contributed by atoms with Crippen molar-refractivity contribution in [2.75, 3.05) is 45.6 Å². The van der Waals surface area contributed by atoms with E-state index < -0.39 is 0 Å². The predicted octanol–water partition coefficient (Wildman–Crippen LogP) is 1.77. The quantitative estimate of drug-likeness (QED) is 0.821. The smallest absolute Gasteiger partial charge is 0.255 e. The molecule has 7 heteroatoms. The van der Waals surface area contributed by atoms with Crippen molar-refractivity contribution < 1.29 is 14.3 Å². The fraction of sp³-hybridized carbons (Fsp3) is 0.562. The number of nitrogens with zero attached hydrogens (tertiary/aromatic N) is 1. The van der Waals surface area contributed by atoms with Crippen LogP contribution in [0.25, 0.3) is 0 Å². The van der Waals surface area contributed by atoms with E-state index in [0.717, 1.165) is 25.9 Å². The van der Waals surface area contributed by atoms with Crippen LogP contribution < -0.4 is 20.5 Å². The maximum absolute atomic E-state index is 12.5. The number of amides is 1. The molecule has 0 bridgehead atoms. The number of carbonyl (C=O) groups is 1. The fourth-order valence-corrected chi connectivity index (χ4v) is 3.16. The summed E-state index contributed by atoms with van der Waals surface area (Å²) >= 11 is 6.11. The number of ether oxygens (including phenoxy) is 2. The van der Waals surface area contributed by atoms with Crippen LogP contribution >= 0.6 is 11.6 Å². The molecule has 1 saturated heterocycles. The number of piperidine rings is 1. The van der Waals surface area contributed by atoms with E-state index in [9.17, 15) is 4.79 Å². The minimum Gasteiger partial charge on any atom is -0.485 e. The van der Waals surface area contributed by atoms with Crippen LogP contribution in [0.2, 0.25) is 5.02 Å². The summed E-state index contributed by atoms with van der Waals surface area (Å²) in [6.45, 7) is 3.59. The Balaban J connectivity index is 1.71. The van der Waals surface area contributed by atoms with Gasteiger partial charge in [0.15, 0.2) is 11.5 Å². The van der Waals surface area contributed by atoms with E-state index in [0.29, 0.717) is 53.4 Å². The SMILES string of the molecule is CN1CCC(CNC(=O)c2cc(Cl)c(N)c3c2OCCO3)CC1. The summed E-state index contributed by atoms with van der Waals surface area (Å²) in [7, 11) is 2.12. The average molecular weight is 340 g/mol. The Morgan fingerprint density at radius 2 is 2.00 bits per heavy atom. The molecule has 1 fully saturated rings. The molecule has 1 aromatic carbocycles. The minimum absolute atomic E-state index is 0.201. The molecule has 126 valence electrons. The highest BCUT2D eigenvalue weighted by molar-refractivity contribution is 6.34. The summed E-state index contributed by atoms with van der Waals surface area (Å²) in [6.07, 6.45) is 2.19. The van der Waals surface area contributed by atoms with Crippen molar-refractivity contribution in [3.8, 4) is 11.5 Å². The Morgan fingerprint density at radius 3 is 2.70 bits per heavy atom. The lowest BCUT2D eigenvalue weighted by Gasteiger charge is -2.29. The van der Waals surface area contributed by atoms with Crippen molar-refractivity contribution in [2.24, 2.45) is 5.92 Å². The molecule has 6 nitrogen and oxygen atoms in total. The number of likely N-dealkylation sites (tertiary alicyclic amines) is 1. The van der Waals surface area contributed by atoms with Gasteiger partial charge in [0.2, 0.25) is 0 Å². The van der Waals surface area contributed by atoms with Gasteiger partial charge in [-0.2, -0.15) is 0 Å². The van der Waals surface area contributed by atoms with E-state index >= 15 is 0 Å². The van der Waals surface area contributed by atoms with Gasteiger partial charge in [0.05, 0.1) is 16.3 Å². The Kier molecular flexibility index (Phi) is 4.82. The summed E-state index contributed by atoms with van der Waals surface area (Å²) in [5.74, 6) is 1.06. The Bertz CT molecular complexity index is 601. The number of anilines is 1. The molecular weight excluding hydrogens is 318 g/mol. The summed E-state index contributed by atoms with van der Waals surface area (Å²) in [4.78, 5) is 14.8. The molecule has 0 radical (unpaired) electrons. The molecule has 2 heterocycles. The number of rotatable bonds is 3. The molecule has 0 spiro atoms. The molecule has 1 aromatic rings. The number of carbonyl (C=O) groups excluding carboxylic acids is 1. The lowest BCUT2D eigenvalue weighted by atomic mass is 9.97. The van der Waals surface area contributed by atoms with Crippen molar-refractivity contribution in [3.05, 3.63) is 16.7 Å². The van der Waals surface area contributed by atoms with Gasteiger partial charge in [-0.1, -0.05) is 11.6 Å². The van der Waals surface area contributed by atoms with Crippen molar-refractivity contribution in [1.29, 1.82) is 0 Å². The van der Waals surface area contributed by atoms with Gasteiger partial charge < -0.3 is 25.4 Å². The number of nitrogen functional groups attached to an aromatic ring is 1. The van der Waals surface area contributed by atoms with E-state index in [1.807, 2.05) is 0 Å². The zero-order valence-corrected chi connectivity index (χ0v) is 14.0. The first-order valence-corrected chi connectivity index (χ1v) is 8.28. The van der Waals surface area contributed by atoms with Crippen molar-refractivity contribution >= 4 is 23.2 Å². The number of nitrogens with two attached hydrogens (primary N) is 1. The highest BCUT2D eigenvalue weighted by Crippen LogP contribution is 2.43. The first-order valence-electron chi connectivity index (χ1n) is 7.90. The molecule has 0 aliphatic carbocycles. The van der Waals surface area contributed by atoms with Gasteiger partial charge in [-0.25, -0.2) is 0 Å². The van der Waals surface area contributed by atoms with E-state index in [-0.39, 0.29) is 5.91 Å². The van der Waals surface area contributed by atoms with Gasteiger partial charge in [0.1, 0.15) is 13.2 Å². The second-order valence-electron chi connectivity index (χ2n) is 6.13. The number of hydrogen-bond donors (Lipinski definition) is 2. The number of nitrogens with one attached hydrogen (secondary N) is 1. The molecular formula is C16H22ClN3O3. The molecule has 3 N–H and O–H groups in total. The third-order valence-electron chi connectivity index (χ3n) is 4.43. The summed E-state index contributed by atoms with van der Waals surface area (Å²) in [6, 6.07) is 1.55. The van der Waals surface area contributed by atoms with Gasteiger partial charge in [-0.3, -0.25) is 4.79 Å². The second-order valence-corrected chi connectivity index (χ2v) is 6.54. The summed E-state index contributed by atoms with van der Waals surface area (Å²) < 4.78 is 11.1. The molecule has 0 saturated carbocycles. The molecule has 2 aliphatic heterocycles. The van der Waals surface area contributed by atoms with Gasteiger partial charge in [-0.05, 0) is 45.0 Å². The molecule has 23 heavy (non-hydrogen) atoms. The lowest BCUT2D eigenvalue weighted by Crippen LogP contribution is -2.37. The first-order chi connectivity index (χ1) is 11.1. The molecule has 0 unspecified atom stereocenters. The van der Waals surface area contributed by atoms with Crippen LogP contribution in [-0.4, -0.2) is 50.7 Å². The number of hydrogen-bond acceptors (Lipinski definition) is 5. The third-order valence-corrected chi connectivity index (χ3v) is 4.75. The van der Waals surface area contributed by atoms with Crippen molar-refractivity contribution in [3.63, 3.8) is 0 Å². The molecule has 0 aromatic heterocycles. The number of benzene rings is 1. The standard InChI is InChI=1S/C16H22ClN3O3/c1-20-4-2-10(3-5-20)9-19-16(21)11-8-12(17)13(18)15-14(11)22-6-7-23-15/h8,10H,2-7,9,18H2,1H3,(H,19,21). The first kappa shape index (κ1) is 16.2. The second kappa shape index (κ2) is 6.84. The lowest BCUT2D eigenvalue weighted by molar-refractivity contribution is 0.0928. The van der Waals surface area contributed by atoms with Crippen LogP contribution in [0.3, 0.4) is 0 Å². The van der Waals surface area contributed by atoms with Crippen LogP contribution in [0.4, 0.5) is 5.69 Å². The van der Waals surface area contributed by atoms with Gasteiger partial charge in [0, 0.05) is 6.54 Å². The minimum atomic E-state index is -0.201. The van der Waals surface area contributed by atoms with Crippen LogP contribution in [0, 0.1) is 5.92 Å². The predicted molar refractivity (Wildman–Crippen MR) is 89.4 cm³/mol. The molecule has 1 amide bonds. The largest absolute Gasteiger partial charge is 0.485 e. The number of halogens is 1. The van der Waals surface area contributed by atoms with Crippen LogP contribution in [0.5, 0.6) is 11.5 Å². The van der Waals surface area contributed by atoms with Crippen molar-refractivity contribution in [1.82, 2.24) is 10.2 Å². The highest BCUT2D eigenvalue weighted by atomic mass is 35.5. The van der Waals surface area contributed by atoms with E-state index in [1.54, 1.807) is 6.07 Å². The monoisotopic (exact) mass is 339 g/mol. The highest BCUT2D eigenvalue weighted by Gasteiger charge is 2.26. The zero-order chi connectivity index (χ0) is 16.4. The zero-order valence-electron chi connectivity index (χ0n) is 13.2. The Morgan fingerprint density at radius 1 is 1.35 bits per heavy atom. The summed E-state index contributed by atoms with van der Waals surface area (Å²) in [5.41, 5.74) is 6.60. The van der Waals surface area contributed by atoms with Crippen LogP contribution in [0.15, 0.2) is 6.07 Å². The summed E-state index contributed by atoms with van der Waals surface area (Å²) in [5, 5.41) is 3.29. The Hall–Kier alpha value is -1.66. The maximum atomic E-state index is 12.5. The van der Waals surface area contributed by atoms with E-state index in [4.69, 9.17) is 26.8 Å². The van der Waals surface area contributed by atoms with Crippen LogP contribution in [0.1, 0.15) is 23.2 Å². The normalized spacial score (nSPS) is 18.7. The number of fused-ring (bicyclic) bond motifs is 1. The van der Waals surface area contributed by atoms with Gasteiger partial charge in [0.25, 0.3) is 5.91 Å². The third kappa shape index (κ3) is 3.48. The van der Waals surface area contributed by atoms with Crippen molar-refractivity contribution in [2.45, 2.75) is 12.8 Å². The van der Waals surface area contributed by atoms with E-state index in [1.165, 1.54) is 0 Å². The van der Waals surface area contributed by atoms with Gasteiger partial charge in [-0.15, -0.1) is 0 Å². The van der Waals surface area contributed by atoms with Crippen LogP contribution in [-0.2, 0) is 0 Å². The topological polar surface area (TPSA) is 76.8 Å². The average Bonchev–Trinajstić information content (AvgIpc) is 2.57. The maximum Gasteiger partial charge on any atom is 0.255 e.